The van der Waals surface area contributed by atoms with Crippen LogP contribution < -0.4 is 4.74 Å². The number of phenols is 2. The zero-order valence-corrected chi connectivity index (χ0v) is 15.7. The first-order valence-corrected chi connectivity index (χ1v) is 9.49. The minimum atomic E-state index is -0.322. The number of ketones is 1. The molecular weight excluding hydrogens is 352 g/mol. The van der Waals surface area contributed by atoms with E-state index in [-0.39, 0.29) is 17.3 Å². The molecule has 0 amide bonds. The summed E-state index contributed by atoms with van der Waals surface area (Å²) in [6.45, 7) is 2.74. The van der Waals surface area contributed by atoms with Gasteiger partial charge >= 0.3 is 0 Å². The molecule has 0 atom stereocenters. The largest absolute Gasteiger partial charge is 0.507 e. The summed E-state index contributed by atoms with van der Waals surface area (Å²) < 4.78 is 5.60. The lowest BCUT2D eigenvalue weighted by atomic mass is 9.82. The van der Waals surface area contributed by atoms with Crippen LogP contribution in [0.25, 0.3) is 0 Å². The van der Waals surface area contributed by atoms with Crippen molar-refractivity contribution < 1.29 is 19.7 Å². The molecule has 0 bridgehead atoms. The van der Waals surface area contributed by atoms with Gasteiger partial charge in [0.2, 0.25) is 5.78 Å². The van der Waals surface area contributed by atoms with Crippen molar-refractivity contribution >= 4 is 5.78 Å². The number of aromatic hydroxyl groups is 2. The normalized spacial score (nSPS) is 12.4. The molecule has 0 fully saturated rings. The number of hydrogen-bond acceptors (Lipinski definition) is 4. The van der Waals surface area contributed by atoms with E-state index in [2.05, 4.69) is 6.92 Å². The van der Waals surface area contributed by atoms with Crippen LogP contribution in [0.15, 0.2) is 54.6 Å². The average Bonchev–Trinajstić information content (AvgIpc) is 2.69. The predicted molar refractivity (Wildman–Crippen MR) is 107 cm³/mol. The molecule has 2 N–H and O–H groups in total. The van der Waals surface area contributed by atoms with Gasteiger partial charge in [-0.25, -0.2) is 0 Å². The molecule has 0 spiro atoms. The Morgan fingerprint density at radius 2 is 1.68 bits per heavy atom. The molecule has 4 rings (SSSR count). The van der Waals surface area contributed by atoms with Gasteiger partial charge in [0.1, 0.15) is 17.2 Å². The molecule has 4 nitrogen and oxygen atoms in total. The number of phenolic OH excluding ortho intramolecular Hbond substituents is 2. The van der Waals surface area contributed by atoms with Crippen molar-refractivity contribution in [2.75, 3.05) is 6.61 Å². The minimum absolute atomic E-state index is 0.00251. The van der Waals surface area contributed by atoms with E-state index in [9.17, 15) is 15.0 Å². The molecule has 0 saturated carbocycles. The summed E-state index contributed by atoms with van der Waals surface area (Å²) in [5, 5.41) is 20.9. The summed E-state index contributed by atoms with van der Waals surface area (Å²) in [5.74, 6) is 0.461. The van der Waals surface area contributed by atoms with Gasteiger partial charge in [-0.3, -0.25) is 4.79 Å². The second-order valence-electron chi connectivity index (χ2n) is 7.09. The van der Waals surface area contributed by atoms with Gasteiger partial charge in [-0.1, -0.05) is 43.3 Å². The average molecular weight is 374 g/mol. The Hall–Kier alpha value is -3.27. The second kappa shape index (κ2) is 7.39. The molecule has 4 heteroatoms. The molecule has 0 aromatic heterocycles. The standard InChI is InChI=1S/C24H22O4/c1-2-12-28-19-10-6-15(7-11-19)13-18-9-8-17-14-16-4-3-5-20(25)21(16)24(27)22(17)23(18)26/h3-11,25-26H,2,12-14H2,1H3. The fourth-order valence-corrected chi connectivity index (χ4v) is 3.69. The summed E-state index contributed by atoms with van der Waals surface area (Å²) in [7, 11) is 0. The van der Waals surface area contributed by atoms with Gasteiger partial charge < -0.3 is 14.9 Å². The van der Waals surface area contributed by atoms with Gasteiger partial charge in [0.15, 0.2) is 0 Å². The number of ether oxygens (including phenoxy) is 1. The SMILES string of the molecule is CCCOc1ccc(Cc2ccc3c(c2O)C(=O)c2c(O)cccc2C3)cc1. The molecule has 1 aliphatic carbocycles. The van der Waals surface area contributed by atoms with Crippen LogP contribution in [-0.2, 0) is 12.8 Å². The van der Waals surface area contributed by atoms with E-state index in [1.807, 2.05) is 42.5 Å². The number of rotatable bonds is 5. The van der Waals surface area contributed by atoms with Crippen molar-refractivity contribution in [3.63, 3.8) is 0 Å². The van der Waals surface area contributed by atoms with Crippen molar-refractivity contribution in [3.05, 3.63) is 88.0 Å². The molecule has 0 saturated heterocycles. The highest BCUT2D eigenvalue weighted by molar-refractivity contribution is 6.15. The highest BCUT2D eigenvalue weighted by atomic mass is 16.5. The molecule has 0 aliphatic heterocycles. The highest BCUT2D eigenvalue weighted by Crippen LogP contribution is 2.38. The molecule has 0 heterocycles. The lowest BCUT2D eigenvalue weighted by molar-refractivity contribution is 0.102. The lowest BCUT2D eigenvalue weighted by Gasteiger charge is -2.21. The van der Waals surface area contributed by atoms with E-state index in [1.54, 1.807) is 6.07 Å². The number of fused-ring (bicyclic) bond motifs is 2. The Morgan fingerprint density at radius 3 is 2.43 bits per heavy atom. The van der Waals surface area contributed by atoms with Crippen LogP contribution >= 0.6 is 0 Å². The Morgan fingerprint density at radius 1 is 0.929 bits per heavy atom. The lowest BCUT2D eigenvalue weighted by Crippen LogP contribution is -2.16. The molecule has 142 valence electrons. The smallest absolute Gasteiger partial charge is 0.201 e. The maximum atomic E-state index is 13.0. The maximum absolute atomic E-state index is 13.0. The Labute approximate surface area is 164 Å². The van der Waals surface area contributed by atoms with Crippen molar-refractivity contribution in [2.24, 2.45) is 0 Å². The molecule has 0 radical (unpaired) electrons. The van der Waals surface area contributed by atoms with Crippen molar-refractivity contribution in [1.29, 1.82) is 0 Å². The third-order valence-electron chi connectivity index (χ3n) is 5.10. The third-order valence-corrected chi connectivity index (χ3v) is 5.10. The van der Waals surface area contributed by atoms with Crippen LogP contribution in [-0.4, -0.2) is 22.6 Å². The number of carbonyl (C=O) groups excluding carboxylic acids is 1. The highest BCUT2D eigenvalue weighted by Gasteiger charge is 2.29. The van der Waals surface area contributed by atoms with Crippen LogP contribution in [0.4, 0.5) is 0 Å². The minimum Gasteiger partial charge on any atom is -0.507 e. The first kappa shape index (κ1) is 18.1. The first-order valence-electron chi connectivity index (χ1n) is 9.49. The summed E-state index contributed by atoms with van der Waals surface area (Å²) in [6.07, 6.45) is 1.98. The van der Waals surface area contributed by atoms with Gasteiger partial charge in [0.25, 0.3) is 0 Å². The van der Waals surface area contributed by atoms with E-state index in [4.69, 9.17) is 4.74 Å². The number of benzene rings is 3. The van der Waals surface area contributed by atoms with Gasteiger partial charge in [-0.2, -0.15) is 0 Å². The zero-order valence-electron chi connectivity index (χ0n) is 15.7. The zero-order chi connectivity index (χ0) is 19.7. The Balaban J connectivity index is 1.63. The maximum Gasteiger partial charge on any atom is 0.201 e. The van der Waals surface area contributed by atoms with E-state index in [1.165, 1.54) is 6.07 Å². The van der Waals surface area contributed by atoms with Gasteiger partial charge in [-0.05, 0) is 53.3 Å². The predicted octanol–water partition coefficient (Wildman–Crippen LogP) is 4.61. The molecule has 3 aromatic carbocycles. The summed E-state index contributed by atoms with van der Waals surface area (Å²) in [6, 6.07) is 16.6. The fourth-order valence-electron chi connectivity index (χ4n) is 3.69. The monoisotopic (exact) mass is 374 g/mol. The van der Waals surface area contributed by atoms with Crippen molar-refractivity contribution in [1.82, 2.24) is 0 Å². The van der Waals surface area contributed by atoms with Crippen molar-refractivity contribution in [3.8, 4) is 17.2 Å². The van der Waals surface area contributed by atoms with Gasteiger partial charge in [0.05, 0.1) is 17.7 Å². The van der Waals surface area contributed by atoms with Crippen LogP contribution in [0, 0.1) is 0 Å². The summed E-state index contributed by atoms with van der Waals surface area (Å²) in [5.41, 5.74) is 3.87. The Kier molecular flexibility index (Phi) is 4.78. The van der Waals surface area contributed by atoms with E-state index < -0.39 is 0 Å². The molecule has 3 aromatic rings. The van der Waals surface area contributed by atoms with Gasteiger partial charge in [-0.15, -0.1) is 0 Å². The van der Waals surface area contributed by atoms with Gasteiger partial charge in [0, 0.05) is 6.42 Å². The Bertz CT molecular complexity index is 1040. The van der Waals surface area contributed by atoms with Crippen molar-refractivity contribution in [2.45, 2.75) is 26.2 Å². The molecular formula is C24H22O4. The van der Waals surface area contributed by atoms with E-state index in [0.29, 0.717) is 36.1 Å². The fraction of sp³-hybridized carbons (Fsp3) is 0.208. The van der Waals surface area contributed by atoms with Crippen LogP contribution in [0.3, 0.4) is 0 Å². The quantitative estimate of drug-likeness (QED) is 0.535. The topological polar surface area (TPSA) is 66.8 Å². The number of carbonyl (C=O) groups is 1. The van der Waals surface area contributed by atoms with Crippen LogP contribution in [0.1, 0.15) is 51.5 Å². The molecule has 28 heavy (non-hydrogen) atoms. The summed E-state index contributed by atoms with van der Waals surface area (Å²) in [4.78, 5) is 13.0. The third kappa shape index (κ3) is 3.22. The summed E-state index contributed by atoms with van der Waals surface area (Å²) >= 11 is 0. The van der Waals surface area contributed by atoms with Crippen LogP contribution in [0.2, 0.25) is 0 Å². The molecule has 0 unspecified atom stereocenters. The number of hydrogen-bond donors (Lipinski definition) is 2. The first-order chi connectivity index (χ1) is 13.6. The van der Waals surface area contributed by atoms with E-state index >= 15 is 0 Å². The molecule has 1 aliphatic rings. The second-order valence-corrected chi connectivity index (χ2v) is 7.09. The van der Waals surface area contributed by atoms with E-state index in [0.717, 1.165) is 28.9 Å². The van der Waals surface area contributed by atoms with Crippen LogP contribution in [0.5, 0.6) is 17.2 Å².